The molecule has 48 heavy (non-hydrogen) atoms. The number of carbonyl (C=O) groups is 4. The number of hydrogen-bond acceptors (Lipinski definition) is 9. The molecule has 0 radical (unpaired) electrons. The third kappa shape index (κ3) is 11.7. The van der Waals surface area contributed by atoms with Gasteiger partial charge >= 0.3 is 11.7 Å². The van der Waals surface area contributed by atoms with Crippen LogP contribution in [0.2, 0.25) is 0 Å². The lowest BCUT2D eigenvalue weighted by molar-refractivity contribution is -0.132. The maximum absolute atomic E-state index is 13.4. The lowest BCUT2D eigenvalue weighted by Gasteiger charge is -2.26. The monoisotopic (exact) mass is 665 g/mol. The van der Waals surface area contributed by atoms with Crippen LogP contribution in [0.5, 0.6) is 0 Å². The zero-order valence-electron chi connectivity index (χ0n) is 27.4. The molecule has 258 valence electrons. The molecule has 4 amide bonds. The maximum Gasteiger partial charge on any atom is 0.408 e. The Morgan fingerprint density at radius 2 is 1.58 bits per heavy atom. The normalized spacial score (nSPS) is 13.0. The number of rotatable bonds is 14. The van der Waals surface area contributed by atoms with E-state index in [1.807, 2.05) is 0 Å². The molecule has 3 aromatic rings. The van der Waals surface area contributed by atoms with Gasteiger partial charge in [-0.05, 0) is 63.8 Å². The molecule has 0 saturated heterocycles. The van der Waals surface area contributed by atoms with E-state index in [0.29, 0.717) is 16.6 Å². The minimum Gasteiger partial charge on any atom is -0.444 e. The minimum atomic E-state index is -1.48. The van der Waals surface area contributed by atoms with Crippen molar-refractivity contribution < 1.29 is 33.4 Å². The number of aliphatic hydroxyl groups is 1. The highest BCUT2D eigenvalue weighted by Gasteiger charge is 2.30. The van der Waals surface area contributed by atoms with Gasteiger partial charge in [-0.25, -0.2) is 9.59 Å². The number of guanidine groups is 1. The highest BCUT2D eigenvalue weighted by Crippen LogP contribution is 2.21. The number of nitrogens with two attached hydrogens (primary N) is 2. The highest BCUT2D eigenvalue weighted by molar-refractivity contribution is 6.00. The lowest BCUT2D eigenvalue weighted by atomic mass is 10.0. The number of nitrogens with one attached hydrogen (secondary N) is 4. The smallest absolute Gasteiger partial charge is 0.408 e. The molecule has 0 saturated carbocycles. The van der Waals surface area contributed by atoms with Gasteiger partial charge in [0.05, 0.1) is 6.61 Å². The van der Waals surface area contributed by atoms with E-state index >= 15 is 0 Å². The predicted molar refractivity (Wildman–Crippen MR) is 180 cm³/mol. The van der Waals surface area contributed by atoms with Gasteiger partial charge in [0.2, 0.25) is 17.7 Å². The van der Waals surface area contributed by atoms with Crippen LogP contribution in [0, 0.1) is 6.92 Å². The van der Waals surface area contributed by atoms with Crippen LogP contribution in [0.4, 0.5) is 10.5 Å². The van der Waals surface area contributed by atoms with E-state index in [1.54, 1.807) is 70.2 Å². The van der Waals surface area contributed by atoms with Gasteiger partial charge in [0.25, 0.3) is 0 Å². The standard InChI is InChI=1S/C33H43N7O8/c1-19-15-27(42)47-26-17-21(12-13-22(19)26)37-28(43)23(11-8-14-36-31(34)35)38-30(45)25(18-41)39-29(44)24(16-20-9-6-5-7-10-20)40-32(46)48-33(2,3)4/h5-7,9-10,12-13,15,17,23-25,41H,8,11,14,16,18H2,1-4H3,(H,37,43)(H,38,45)(H,39,44)(H,40,46)(H4,34,35,36). The van der Waals surface area contributed by atoms with Crippen molar-refractivity contribution in [2.24, 2.45) is 16.5 Å². The quantitative estimate of drug-likeness (QED) is 0.0561. The number of amides is 4. The summed E-state index contributed by atoms with van der Waals surface area (Å²) in [4.78, 5) is 68.5. The van der Waals surface area contributed by atoms with E-state index in [0.717, 1.165) is 5.56 Å². The Labute approximate surface area is 277 Å². The number of ether oxygens (including phenoxy) is 1. The number of aliphatic imine (C=N–C) groups is 1. The van der Waals surface area contributed by atoms with E-state index in [9.17, 15) is 29.1 Å². The third-order valence-electron chi connectivity index (χ3n) is 6.90. The molecule has 0 aliphatic rings. The van der Waals surface area contributed by atoms with Crippen LogP contribution in [0.25, 0.3) is 11.0 Å². The maximum atomic E-state index is 13.4. The number of alkyl carbamates (subject to hydrolysis) is 1. The number of nitrogens with zero attached hydrogens (tertiary/aromatic N) is 1. The van der Waals surface area contributed by atoms with Crippen LogP contribution in [-0.4, -0.2) is 71.8 Å². The van der Waals surface area contributed by atoms with E-state index < -0.39 is 59.8 Å². The number of fused-ring (bicyclic) bond motifs is 1. The Hall–Kier alpha value is -5.44. The second kappa shape index (κ2) is 16.9. The molecule has 3 unspecified atom stereocenters. The van der Waals surface area contributed by atoms with Crippen molar-refractivity contribution in [2.45, 2.75) is 70.7 Å². The van der Waals surface area contributed by atoms with Crippen molar-refractivity contribution in [3.63, 3.8) is 0 Å². The van der Waals surface area contributed by atoms with Gasteiger partial charge in [-0.2, -0.15) is 0 Å². The summed E-state index contributed by atoms with van der Waals surface area (Å²) in [5, 5.41) is 21.0. The topological polar surface area (TPSA) is 240 Å². The zero-order valence-corrected chi connectivity index (χ0v) is 27.4. The van der Waals surface area contributed by atoms with Gasteiger partial charge < -0.3 is 47.0 Å². The van der Waals surface area contributed by atoms with Crippen LogP contribution in [0.3, 0.4) is 0 Å². The van der Waals surface area contributed by atoms with Gasteiger partial charge in [-0.3, -0.25) is 19.4 Å². The number of anilines is 1. The van der Waals surface area contributed by atoms with Crippen LogP contribution >= 0.6 is 0 Å². The second-order valence-electron chi connectivity index (χ2n) is 12.1. The number of aryl methyl sites for hydroxylation is 1. The summed E-state index contributed by atoms with van der Waals surface area (Å²) in [6.45, 7) is 6.13. The molecule has 1 aromatic heterocycles. The summed E-state index contributed by atoms with van der Waals surface area (Å²) in [5.41, 5.74) is 11.4. The van der Waals surface area contributed by atoms with E-state index in [2.05, 4.69) is 26.3 Å². The summed E-state index contributed by atoms with van der Waals surface area (Å²) in [6, 6.07) is 11.2. The molecule has 9 N–H and O–H groups in total. The number of benzene rings is 2. The molecule has 0 spiro atoms. The van der Waals surface area contributed by atoms with Gasteiger partial charge in [0.1, 0.15) is 29.3 Å². The third-order valence-corrected chi connectivity index (χ3v) is 6.90. The fourth-order valence-electron chi connectivity index (χ4n) is 4.65. The predicted octanol–water partition coefficient (Wildman–Crippen LogP) is 1.19. The highest BCUT2D eigenvalue weighted by atomic mass is 16.6. The van der Waals surface area contributed by atoms with Crippen LogP contribution < -0.4 is 38.4 Å². The summed E-state index contributed by atoms with van der Waals surface area (Å²) < 4.78 is 10.6. The van der Waals surface area contributed by atoms with Crippen molar-refractivity contribution in [3.05, 3.63) is 76.1 Å². The lowest BCUT2D eigenvalue weighted by Crippen LogP contribution is -2.58. The Bertz CT molecular complexity index is 1680. The fourth-order valence-corrected chi connectivity index (χ4v) is 4.65. The van der Waals surface area contributed by atoms with Crippen molar-refractivity contribution in [3.8, 4) is 0 Å². The molecule has 1 heterocycles. The van der Waals surface area contributed by atoms with Crippen LogP contribution in [0.1, 0.15) is 44.7 Å². The molecule has 3 rings (SSSR count). The molecular formula is C33H43N7O8. The molecule has 0 aliphatic heterocycles. The van der Waals surface area contributed by atoms with Crippen molar-refractivity contribution >= 4 is 46.4 Å². The van der Waals surface area contributed by atoms with E-state index in [4.69, 9.17) is 20.6 Å². The summed E-state index contributed by atoms with van der Waals surface area (Å²) in [7, 11) is 0. The first-order valence-electron chi connectivity index (χ1n) is 15.3. The average molecular weight is 666 g/mol. The van der Waals surface area contributed by atoms with Crippen LogP contribution in [0.15, 0.2) is 68.8 Å². The van der Waals surface area contributed by atoms with Crippen molar-refractivity contribution in [1.82, 2.24) is 16.0 Å². The Balaban J connectivity index is 1.77. The molecule has 0 aliphatic carbocycles. The first kappa shape index (κ1) is 37.0. The minimum absolute atomic E-state index is 0.0624. The number of aliphatic hydroxyl groups excluding tert-OH is 1. The molecule has 15 nitrogen and oxygen atoms in total. The largest absolute Gasteiger partial charge is 0.444 e. The Morgan fingerprint density at radius 3 is 2.23 bits per heavy atom. The van der Waals surface area contributed by atoms with Gasteiger partial charge in [0, 0.05) is 36.2 Å². The SMILES string of the molecule is Cc1cc(=O)oc2cc(NC(=O)C(CCCN=C(N)N)NC(=O)C(CO)NC(=O)C(Cc3ccccc3)NC(=O)OC(C)(C)C)ccc12. The van der Waals surface area contributed by atoms with Crippen molar-refractivity contribution in [1.29, 1.82) is 0 Å². The van der Waals surface area contributed by atoms with E-state index in [1.165, 1.54) is 12.1 Å². The number of hydrogen-bond donors (Lipinski definition) is 7. The summed E-state index contributed by atoms with van der Waals surface area (Å²) >= 11 is 0. The van der Waals surface area contributed by atoms with Gasteiger partial charge in [-0.1, -0.05) is 30.3 Å². The summed E-state index contributed by atoms with van der Waals surface area (Å²) in [5.74, 6) is -2.38. The van der Waals surface area contributed by atoms with Gasteiger partial charge in [0.15, 0.2) is 5.96 Å². The molecule has 15 heteroatoms. The van der Waals surface area contributed by atoms with Crippen LogP contribution in [-0.2, 0) is 25.5 Å². The average Bonchev–Trinajstić information content (AvgIpc) is 2.99. The molecule has 0 bridgehead atoms. The van der Waals surface area contributed by atoms with Gasteiger partial charge in [-0.15, -0.1) is 0 Å². The second-order valence-corrected chi connectivity index (χ2v) is 12.1. The molecule has 2 aromatic carbocycles. The summed E-state index contributed by atoms with van der Waals surface area (Å²) in [6.07, 6.45) is -0.410. The first-order valence-corrected chi connectivity index (χ1v) is 15.3. The fraction of sp³-hybridized carbons (Fsp3) is 0.394. The number of carbonyl (C=O) groups excluding carboxylic acids is 4. The molecule has 0 fully saturated rings. The molecular weight excluding hydrogens is 622 g/mol. The Kier molecular flexibility index (Phi) is 13.1. The van der Waals surface area contributed by atoms with E-state index in [-0.39, 0.29) is 37.3 Å². The van der Waals surface area contributed by atoms with Crippen molar-refractivity contribution in [2.75, 3.05) is 18.5 Å². The first-order chi connectivity index (χ1) is 22.6. The zero-order chi connectivity index (χ0) is 35.4. The Morgan fingerprint density at radius 1 is 0.917 bits per heavy atom. The molecule has 3 atom stereocenters.